The quantitative estimate of drug-likeness (QED) is 0.756. The number of carbonyl (C=O) groups excluding carboxylic acids is 2. The Labute approximate surface area is 128 Å². The number of amides is 2. The lowest BCUT2D eigenvalue weighted by molar-refractivity contribution is 0.0927. The summed E-state index contributed by atoms with van der Waals surface area (Å²) in [6, 6.07) is 0. The largest absolute Gasteiger partial charge is 0.350 e. The average Bonchev–Trinajstić information content (AvgIpc) is 2.96. The molecule has 0 saturated heterocycles. The highest BCUT2D eigenvalue weighted by Gasteiger charge is 2.13. The van der Waals surface area contributed by atoms with Crippen LogP contribution >= 0.6 is 0 Å². The van der Waals surface area contributed by atoms with Crippen LogP contribution in [-0.4, -0.2) is 44.5 Å². The second kappa shape index (κ2) is 6.42. The predicted molar refractivity (Wildman–Crippen MR) is 80.6 cm³/mol. The van der Waals surface area contributed by atoms with Gasteiger partial charge in [0.25, 0.3) is 11.8 Å². The van der Waals surface area contributed by atoms with E-state index in [1.54, 1.807) is 49.7 Å². The highest BCUT2D eigenvalue weighted by molar-refractivity contribution is 5.96. The Balaban J connectivity index is 1.80. The van der Waals surface area contributed by atoms with Crippen LogP contribution in [0.1, 0.15) is 32.1 Å². The van der Waals surface area contributed by atoms with E-state index in [2.05, 4.69) is 20.8 Å². The van der Waals surface area contributed by atoms with Crippen molar-refractivity contribution in [2.24, 2.45) is 14.1 Å². The third-order valence-corrected chi connectivity index (χ3v) is 3.21. The van der Waals surface area contributed by atoms with Crippen molar-refractivity contribution >= 4 is 11.8 Å². The van der Waals surface area contributed by atoms with Gasteiger partial charge in [-0.15, -0.1) is 0 Å². The Morgan fingerprint density at radius 2 is 1.27 bits per heavy atom. The molecule has 0 aliphatic carbocycles. The molecule has 0 atom stereocenters. The number of carbonyl (C=O) groups is 2. The second-order valence-corrected chi connectivity index (χ2v) is 5.12. The maximum Gasteiger partial charge on any atom is 0.254 e. The van der Waals surface area contributed by atoms with Gasteiger partial charge < -0.3 is 10.6 Å². The first-order chi connectivity index (χ1) is 10.4. The van der Waals surface area contributed by atoms with Gasteiger partial charge >= 0.3 is 0 Å². The maximum atomic E-state index is 12.0. The van der Waals surface area contributed by atoms with E-state index in [-0.39, 0.29) is 11.8 Å². The summed E-state index contributed by atoms with van der Waals surface area (Å²) in [5.41, 5.74) is 2.43. The van der Waals surface area contributed by atoms with Gasteiger partial charge in [-0.2, -0.15) is 10.2 Å². The number of hydrogen-bond acceptors (Lipinski definition) is 4. The zero-order valence-corrected chi connectivity index (χ0v) is 13.2. The van der Waals surface area contributed by atoms with Gasteiger partial charge in [0.15, 0.2) is 0 Å². The maximum absolute atomic E-state index is 12.0. The molecule has 0 spiro atoms. The van der Waals surface area contributed by atoms with Gasteiger partial charge in [0.2, 0.25) is 0 Å². The number of hydrogen-bond donors (Lipinski definition) is 2. The van der Waals surface area contributed by atoms with Gasteiger partial charge in [-0.05, 0) is 13.8 Å². The third kappa shape index (κ3) is 3.51. The van der Waals surface area contributed by atoms with Gasteiger partial charge in [0.1, 0.15) is 0 Å². The number of rotatable bonds is 5. The van der Waals surface area contributed by atoms with Gasteiger partial charge in [-0.25, -0.2) is 0 Å². The van der Waals surface area contributed by atoms with Crippen molar-refractivity contribution in [3.05, 3.63) is 34.9 Å². The topological polar surface area (TPSA) is 93.8 Å². The molecular weight excluding hydrogens is 284 g/mol. The summed E-state index contributed by atoms with van der Waals surface area (Å²) in [6.45, 7) is 4.25. The molecule has 0 radical (unpaired) electrons. The van der Waals surface area contributed by atoms with Crippen molar-refractivity contribution in [2.45, 2.75) is 13.8 Å². The molecule has 2 aromatic rings. The molecule has 0 bridgehead atoms. The van der Waals surface area contributed by atoms with Crippen LogP contribution in [0.2, 0.25) is 0 Å². The molecule has 2 N–H and O–H groups in total. The van der Waals surface area contributed by atoms with E-state index in [1.807, 2.05) is 0 Å². The van der Waals surface area contributed by atoms with E-state index in [4.69, 9.17) is 0 Å². The summed E-state index contributed by atoms with van der Waals surface area (Å²) in [7, 11) is 3.53. The van der Waals surface area contributed by atoms with Crippen LogP contribution < -0.4 is 10.6 Å². The van der Waals surface area contributed by atoms with E-state index in [0.29, 0.717) is 35.6 Å². The van der Waals surface area contributed by atoms with Crippen molar-refractivity contribution in [3.8, 4) is 0 Å². The van der Waals surface area contributed by atoms with E-state index >= 15 is 0 Å². The lowest BCUT2D eigenvalue weighted by atomic mass is 10.2. The summed E-state index contributed by atoms with van der Waals surface area (Å²) in [5, 5.41) is 13.7. The SMILES string of the molecule is Cc1nn(C)cc1C(=O)NCCNC(=O)c1cn(C)nc1C. The van der Waals surface area contributed by atoms with Crippen molar-refractivity contribution in [2.75, 3.05) is 13.1 Å². The molecule has 0 aliphatic heterocycles. The smallest absolute Gasteiger partial charge is 0.254 e. The third-order valence-electron chi connectivity index (χ3n) is 3.21. The Hall–Kier alpha value is -2.64. The lowest BCUT2D eigenvalue weighted by Gasteiger charge is -2.06. The average molecular weight is 304 g/mol. The highest BCUT2D eigenvalue weighted by Crippen LogP contribution is 2.04. The molecule has 8 nitrogen and oxygen atoms in total. The number of nitrogens with one attached hydrogen (secondary N) is 2. The molecular formula is C14H20N6O2. The molecule has 2 rings (SSSR count). The Bertz CT molecular complexity index is 640. The first kappa shape index (κ1) is 15.7. The van der Waals surface area contributed by atoms with Crippen LogP contribution in [0, 0.1) is 13.8 Å². The van der Waals surface area contributed by atoms with E-state index in [0.717, 1.165) is 0 Å². The molecule has 0 fully saturated rings. The van der Waals surface area contributed by atoms with E-state index in [9.17, 15) is 9.59 Å². The summed E-state index contributed by atoms with van der Waals surface area (Å²) in [5.74, 6) is -0.394. The van der Waals surface area contributed by atoms with Crippen molar-refractivity contribution in [1.29, 1.82) is 0 Å². The van der Waals surface area contributed by atoms with Crippen LogP contribution in [0.15, 0.2) is 12.4 Å². The van der Waals surface area contributed by atoms with Crippen LogP contribution in [0.4, 0.5) is 0 Å². The first-order valence-electron chi connectivity index (χ1n) is 6.95. The minimum atomic E-state index is -0.197. The minimum Gasteiger partial charge on any atom is -0.350 e. The van der Waals surface area contributed by atoms with Crippen molar-refractivity contribution in [1.82, 2.24) is 30.2 Å². The van der Waals surface area contributed by atoms with Gasteiger partial charge in [-0.1, -0.05) is 0 Å². The molecule has 0 saturated carbocycles. The summed E-state index contributed by atoms with van der Waals surface area (Å²) in [4.78, 5) is 23.9. The van der Waals surface area contributed by atoms with E-state index in [1.165, 1.54) is 0 Å². The normalized spacial score (nSPS) is 10.5. The summed E-state index contributed by atoms with van der Waals surface area (Å²) >= 11 is 0. The standard InChI is InChI=1S/C14H20N6O2/c1-9-11(7-19(3)17-9)13(21)15-5-6-16-14(22)12-8-20(4)18-10(12)2/h7-8H,5-6H2,1-4H3,(H,15,21)(H,16,22). The van der Waals surface area contributed by atoms with Crippen LogP contribution in [0.3, 0.4) is 0 Å². The molecule has 0 aromatic carbocycles. The predicted octanol–water partition coefficient (Wildman–Crippen LogP) is -0.0698. The zero-order valence-electron chi connectivity index (χ0n) is 13.2. The molecule has 0 aliphatic rings. The highest BCUT2D eigenvalue weighted by atomic mass is 16.2. The van der Waals surface area contributed by atoms with Gasteiger partial charge in [0.05, 0.1) is 22.5 Å². The van der Waals surface area contributed by atoms with Crippen LogP contribution in [0.25, 0.3) is 0 Å². The molecule has 0 unspecified atom stereocenters. The second-order valence-electron chi connectivity index (χ2n) is 5.12. The van der Waals surface area contributed by atoms with Crippen LogP contribution in [0.5, 0.6) is 0 Å². The number of aryl methyl sites for hydroxylation is 4. The number of nitrogens with zero attached hydrogens (tertiary/aromatic N) is 4. The summed E-state index contributed by atoms with van der Waals surface area (Å²) < 4.78 is 3.19. The summed E-state index contributed by atoms with van der Waals surface area (Å²) in [6.07, 6.45) is 3.34. The fourth-order valence-electron chi connectivity index (χ4n) is 2.19. The Morgan fingerprint density at radius 1 is 0.909 bits per heavy atom. The monoisotopic (exact) mass is 304 g/mol. The molecule has 22 heavy (non-hydrogen) atoms. The molecule has 2 amide bonds. The molecule has 2 aromatic heterocycles. The van der Waals surface area contributed by atoms with Gasteiger partial charge in [-0.3, -0.25) is 19.0 Å². The number of aromatic nitrogens is 4. The minimum absolute atomic E-state index is 0.197. The fraction of sp³-hybridized carbons (Fsp3) is 0.429. The lowest BCUT2D eigenvalue weighted by Crippen LogP contribution is -2.34. The zero-order chi connectivity index (χ0) is 16.3. The molecule has 8 heteroatoms. The molecule has 118 valence electrons. The van der Waals surface area contributed by atoms with Crippen molar-refractivity contribution < 1.29 is 9.59 Å². The van der Waals surface area contributed by atoms with Crippen LogP contribution in [-0.2, 0) is 14.1 Å². The Kier molecular flexibility index (Phi) is 4.59. The first-order valence-corrected chi connectivity index (χ1v) is 6.95. The van der Waals surface area contributed by atoms with E-state index < -0.39 is 0 Å². The van der Waals surface area contributed by atoms with Gasteiger partial charge in [0, 0.05) is 39.6 Å². The molecule has 2 heterocycles. The van der Waals surface area contributed by atoms with Crippen molar-refractivity contribution in [3.63, 3.8) is 0 Å². The Morgan fingerprint density at radius 3 is 1.55 bits per heavy atom. The fourth-order valence-corrected chi connectivity index (χ4v) is 2.19.